The van der Waals surface area contributed by atoms with E-state index in [-0.39, 0.29) is 6.61 Å². The van der Waals surface area contributed by atoms with Gasteiger partial charge in [-0.3, -0.25) is 0 Å². The zero-order valence-electron chi connectivity index (χ0n) is 17.8. The third-order valence-electron chi connectivity index (χ3n) is 6.27. The Hall–Kier alpha value is -3.89. The second kappa shape index (κ2) is 7.36. The van der Waals surface area contributed by atoms with Gasteiger partial charge in [0.25, 0.3) is 0 Å². The van der Waals surface area contributed by atoms with Gasteiger partial charge >= 0.3 is 0 Å². The van der Waals surface area contributed by atoms with Crippen molar-refractivity contribution in [2.24, 2.45) is 0 Å². The number of benzene rings is 3. The lowest BCUT2D eigenvalue weighted by Crippen LogP contribution is -2.02. The van der Waals surface area contributed by atoms with E-state index < -0.39 is 0 Å². The van der Waals surface area contributed by atoms with Crippen LogP contribution in [0.15, 0.2) is 85.1 Å². The van der Waals surface area contributed by atoms with Gasteiger partial charge in [0.2, 0.25) is 0 Å². The average molecular weight is 418 g/mol. The average Bonchev–Trinajstić information content (AvgIpc) is 3.40. The van der Waals surface area contributed by atoms with E-state index in [4.69, 9.17) is 4.98 Å². The second-order valence-corrected chi connectivity index (χ2v) is 8.35. The molecular weight excluding hydrogens is 394 g/mol. The van der Waals surface area contributed by atoms with Crippen LogP contribution in [0.2, 0.25) is 0 Å². The maximum Gasteiger partial charge on any atom is 0.0971 e. The monoisotopic (exact) mass is 417 g/mol. The topological polar surface area (TPSA) is 53.8 Å². The molecule has 0 amide bonds. The summed E-state index contributed by atoms with van der Waals surface area (Å²) < 4.78 is 2.36. The number of aliphatic hydroxyl groups excluding tert-OH is 1. The predicted octanol–water partition coefficient (Wildman–Crippen LogP) is 6.19. The van der Waals surface area contributed by atoms with E-state index in [1.165, 1.54) is 22.0 Å². The molecule has 3 aromatic heterocycles. The summed E-state index contributed by atoms with van der Waals surface area (Å²) in [6, 6.07) is 27.5. The van der Waals surface area contributed by atoms with E-state index in [1.807, 2.05) is 18.3 Å². The third-order valence-corrected chi connectivity index (χ3v) is 6.27. The molecule has 3 aromatic carbocycles. The number of fused-ring (bicyclic) bond motifs is 4. The summed E-state index contributed by atoms with van der Waals surface area (Å²) >= 11 is 0. The summed E-state index contributed by atoms with van der Waals surface area (Å²) in [6.45, 7) is 2.77. The highest BCUT2D eigenvalue weighted by atomic mass is 16.3. The Morgan fingerprint density at radius 1 is 0.875 bits per heavy atom. The molecule has 0 saturated heterocycles. The molecule has 6 aromatic rings. The van der Waals surface area contributed by atoms with Gasteiger partial charge in [0.1, 0.15) is 0 Å². The molecule has 3 heterocycles. The van der Waals surface area contributed by atoms with Crippen LogP contribution in [0, 0.1) is 6.92 Å². The fraction of sp³-hybridized carbons (Fsp3) is 0.107. The molecule has 0 aliphatic heterocycles. The fourth-order valence-electron chi connectivity index (χ4n) is 4.70. The molecule has 0 bridgehead atoms. The van der Waals surface area contributed by atoms with Crippen LogP contribution in [0.3, 0.4) is 0 Å². The van der Waals surface area contributed by atoms with Gasteiger partial charge in [-0.25, -0.2) is 4.98 Å². The summed E-state index contributed by atoms with van der Waals surface area (Å²) in [4.78, 5) is 8.32. The first-order valence-electron chi connectivity index (χ1n) is 10.9. The largest absolute Gasteiger partial charge is 0.390 e. The molecule has 0 atom stereocenters. The minimum absolute atomic E-state index is 0.0945. The zero-order valence-corrected chi connectivity index (χ0v) is 17.8. The Balaban J connectivity index is 1.71. The van der Waals surface area contributed by atoms with Gasteiger partial charge < -0.3 is 14.7 Å². The van der Waals surface area contributed by atoms with Gasteiger partial charge in [0.05, 0.1) is 23.5 Å². The van der Waals surface area contributed by atoms with Crippen molar-refractivity contribution in [3.05, 3.63) is 102 Å². The van der Waals surface area contributed by atoms with Crippen LogP contribution < -0.4 is 0 Å². The Bertz CT molecular complexity index is 1590. The molecule has 6 rings (SSSR count). The number of H-pyrrole nitrogens is 1. The predicted molar refractivity (Wildman–Crippen MR) is 131 cm³/mol. The minimum atomic E-state index is -0.0945. The smallest absolute Gasteiger partial charge is 0.0971 e. The molecule has 0 radical (unpaired) electrons. The summed E-state index contributed by atoms with van der Waals surface area (Å²) in [6.07, 6.45) is 2.03. The first-order chi connectivity index (χ1) is 15.7. The number of para-hydroxylation sites is 2. The lowest BCUT2D eigenvalue weighted by atomic mass is 10.1. The van der Waals surface area contributed by atoms with Crippen molar-refractivity contribution in [3.63, 3.8) is 0 Å². The number of hydrogen-bond donors (Lipinski definition) is 2. The fourth-order valence-corrected chi connectivity index (χ4v) is 4.70. The number of aromatic nitrogens is 3. The molecule has 4 heteroatoms. The maximum atomic E-state index is 10.00. The van der Waals surface area contributed by atoms with E-state index in [9.17, 15) is 5.11 Å². The van der Waals surface area contributed by atoms with Crippen LogP contribution in [0.1, 0.15) is 16.8 Å². The van der Waals surface area contributed by atoms with E-state index in [0.717, 1.165) is 39.6 Å². The van der Waals surface area contributed by atoms with Crippen LogP contribution >= 0.6 is 0 Å². The Kier molecular flexibility index (Phi) is 4.33. The lowest BCUT2D eigenvalue weighted by molar-refractivity contribution is 0.277. The second-order valence-electron chi connectivity index (χ2n) is 8.35. The quantitative estimate of drug-likeness (QED) is 0.359. The molecular formula is C28H23N3O. The summed E-state index contributed by atoms with van der Waals surface area (Å²) in [5, 5.41) is 13.4. The van der Waals surface area contributed by atoms with E-state index >= 15 is 0 Å². The number of hydrogen-bond acceptors (Lipinski definition) is 2. The number of rotatable bonds is 4. The lowest BCUT2D eigenvalue weighted by Gasteiger charge is -2.12. The van der Waals surface area contributed by atoms with E-state index in [0.29, 0.717) is 5.69 Å². The molecule has 0 aliphatic carbocycles. The molecule has 0 fully saturated rings. The molecule has 156 valence electrons. The number of pyridine rings is 1. The van der Waals surface area contributed by atoms with Crippen molar-refractivity contribution in [1.82, 2.24) is 14.5 Å². The molecule has 0 aliphatic rings. The number of nitrogens with zero attached hydrogens (tertiary/aromatic N) is 2. The highest BCUT2D eigenvalue weighted by molar-refractivity contribution is 6.14. The van der Waals surface area contributed by atoms with Crippen molar-refractivity contribution in [1.29, 1.82) is 0 Å². The van der Waals surface area contributed by atoms with Crippen LogP contribution in [-0.2, 0) is 13.2 Å². The van der Waals surface area contributed by atoms with Crippen LogP contribution in [0.4, 0.5) is 0 Å². The Morgan fingerprint density at radius 2 is 1.62 bits per heavy atom. The third kappa shape index (κ3) is 2.92. The molecule has 0 spiro atoms. The summed E-state index contributed by atoms with van der Waals surface area (Å²) in [7, 11) is 0. The van der Waals surface area contributed by atoms with Gasteiger partial charge in [-0.05, 0) is 30.7 Å². The first-order valence-corrected chi connectivity index (χ1v) is 10.9. The van der Waals surface area contributed by atoms with Crippen molar-refractivity contribution >= 4 is 32.7 Å². The molecule has 0 unspecified atom stereocenters. The van der Waals surface area contributed by atoms with Gasteiger partial charge in [0, 0.05) is 45.5 Å². The normalized spacial score (nSPS) is 11.7. The zero-order chi connectivity index (χ0) is 21.7. The minimum Gasteiger partial charge on any atom is -0.390 e. The number of aliphatic hydroxyl groups is 1. The summed E-state index contributed by atoms with van der Waals surface area (Å²) in [5.74, 6) is 0. The van der Waals surface area contributed by atoms with E-state index in [1.54, 1.807) is 0 Å². The number of nitrogens with one attached hydrogen (secondary N) is 1. The number of aryl methyl sites for hydroxylation is 1. The highest BCUT2D eigenvalue weighted by Gasteiger charge is 2.19. The molecule has 2 N–H and O–H groups in total. The van der Waals surface area contributed by atoms with Crippen LogP contribution in [-0.4, -0.2) is 19.6 Å². The van der Waals surface area contributed by atoms with Crippen LogP contribution in [0.5, 0.6) is 0 Å². The molecule has 32 heavy (non-hydrogen) atoms. The Labute approximate surface area is 185 Å². The van der Waals surface area contributed by atoms with Gasteiger partial charge in [-0.1, -0.05) is 66.2 Å². The van der Waals surface area contributed by atoms with Gasteiger partial charge in [-0.2, -0.15) is 0 Å². The Morgan fingerprint density at radius 3 is 2.44 bits per heavy atom. The first kappa shape index (κ1) is 18.8. The van der Waals surface area contributed by atoms with Crippen LogP contribution in [0.25, 0.3) is 44.0 Å². The van der Waals surface area contributed by atoms with E-state index in [2.05, 4.69) is 83.2 Å². The van der Waals surface area contributed by atoms with Crippen molar-refractivity contribution in [2.75, 3.05) is 0 Å². The summed E-state index contributed by atoms with van der Waals surface area (Å²) in [5.41, 5.74) is 8.46. The van der Waals surface area contributed by atoms with Gasteiger partial charge in [-0.15, -0.1) is 0 Å². The van der Waals surface area contributed by atoms with Crippen molar-refractivity contribution < 1.29 is 5.11 Å². The molecule has 4 nitrogen and oxygen atoms in total. The highest BCUT2D eigenvalue weighted by Crippen LogP contribution is 2.38. The van der Waals surface area contributed by atoms with Gasteiger partial charge in [0.15, 0.2) is 0 Å². The SMILES string of the molecule is Cc1ccc(Cn2c3ccccc3c3cc(CO)nc(-c4c[nH]c5ccccc45)c32)cc1. The molecule has 0 saturated carbocycles. The number of aromatic amines is 1. The van der Waals surface area contributed by atoms with Crippen molar-refractivity contribution in [3.8, 4) is 11.3 Å². The van der Waals surface area contributed by atoms with Crippen molar-refractivity contribution in [2.45, 2.75) is 20.1 Å². The maximum absolute atomic E-state index is 10.00. The standard InChI is InChI=1S/C28H23N3O/c1-18-10-12-19(13-11-18)16-31-26-9-5-3-7-22(26)23-14-20(17-32)30-27(28(23)31)24-15-29-25-8-4-2-6-21(24)25/h2-15,29,32H,16-17H2,1H3.